The third-order valence-electron chi connectivity index (χ3n) is 7.48. The van der Waals surface area contributed by atoms with Gasteiger partial charge in [0, 0.05) is 11.1 Å². The summed E-state index contributed by atoms with van der Waals surface area (Å²) in [6.45, 7) is 13.7. The first-order chi connectivity index (χ1) is 19.9. The van der Waals surface area contributed by atoms with Gasteiger partial charge in [-0.25, -0.2) is 0 Å². The van der Waals surface area contributed by atoms with E-state index >= 15 is 0 Å². The molecule has 0 N–H and O–H groups in total. The predicted molar refractivity (Wildman–Crippen MR) is 175 cm³/mol. The SMILES string of the molecule is CC(C)(C)OC(=O)C[C@H](O[Si](c1ccccc1)(c1ccccc1)C(C)(C)C)[C@@H]1O[C@H]1CCCOCc1ccc(Br)cc1. The van der Waals surface area contributed by atoms with E-state index in [1.165, 1.54) is 10.4 Å². The van der Waals surface area contributed by atoms with Crippen molar-refractivity contribution in [2.75, 3.05) is 6.61 Å². The average molecular weight is 654 g/mol. The number of ether oxygens (including phenoxy) is 3. The van der Waals surface area contributed by atoms with Gasteiger partial charge in [0.2, 0.25) is 0 Å². The second kappa shape index (κ2) is 14.0. The van der Waals surface area contributed by atoms with Crippen LogP contribution in [0.3, 0.4) is 0 Å². The highest BCUT2D eigenvalue weighted by Crippen LogP contribution is 2.41. The zero-order chi connectivity index (χ0) is 30.4. The van der Waals surface area contributed by atoms with Crippen LogP contribution in [-0.2, 0) is 30.0 Å². The number of carbonyl (C=O) groups is 1. The molecule has 0 spiro atoms. The molecule has 0 saturated carbocycles. The minimum Gasteiger partial charge on any atom is -0.460 e. The molecule has 226 valence electrons. The molecule has 1 aliphatic heterocycles. The lowest BCUT2D eigenvalue weighted by Gasteiger charge is -2.45. The summed E-state index contributed by atoms with van der Waals surface area (Å²) in [6.07, 6.45) is 1.27. The summed E-state index contributed by atoms with van der Waals surface area (Å²) in [7, 11) is -2.89. The van der Waals surface area contributed by atoms with Crippen LogP contribution in [0.4, 0.5) is 0 Å². The molecule has 0 bridgehead atoms. The van der Waals surface area contributed by atoms with E-state index in [9.17, 15) is 4.79 Å². The Kier molecular flexibility index (Phi) is 10.9. The largest absolute Gasteiger partial charge is 0.460 e. The number of rotatable bonds is 13. The summed E-state index contributed by atoms with van der Waals surface area (Å²) >= 11 is 3.47. The highest BCUT2D eigenvalue weighted by Gasteiger charge is 2.55. The highest BCUT2D eigenvalue weighted by molar-refractivity contribution is 9.10. The molecular weight excluding hydrogens is 608 g/mol. The van der Waals surface area contributed by atoms with Crippen molar-refractivity contribution in [3.05, 3.63) is 95.0 Å². The molecule has 0 radical (unpaired) electrons. The lowest BCUT2D eigenvalue weighted by atomic mass is 10.1. The van der Waals surface area contributed by atoms with Crippen LogP contribution in [0.2, 0.25) is 5.04 Å². The molecule has 1 saturated heterocycles. The summed E-state index contributed by atoms with van der Waals surface area (Å²) in [5.74, 6) is -0.266. The summed E-state index contributed by atoms with van der Waals surface area (Å²) in [6, 6.07) is 29.2. The summed E-state index contributed by atoms with van der Waals surface area (Å²) in [5.41, 5.74) is 0.574. The van der Waals surface area contributed by atoms with E-state index in [-0.39, 0.29) is 29.6 Å². The number of esters is 1. The van der Waals surface area contributed by atoms with Crippen molar-refractivity contribution in [1.29, 1.82) is 0 Å². The van der Waals surface area contributed by atoms with E-state index in [0.717, 1.165) is 22.9 Å². The molecule has 0 amide bonds. The number of benzene rings is 3. The Morgan fingerprint density at radius 3 is 1.98 bits per heavy atom. The van der Waals surface area contributed by atoms with Crippen molar-refractivity contribution in [3.63, 3.8) is 0 Å². The van der Waals surface area contributed by atoms with Gasteiger partial charge in [-0.15, -0.1) is 0 Å². The maximum Gasteiger partial charge on any atom is 0.308 e. The minimum atomic E-state index is -2.89. The van der Waals surface area contributed by atoms with Crippen LogP contribution in [0.1, 0.15) is 66.4 Å². The molecule has 3 atom stereocenters. The van der Waals surface area contributed by atoms with Crippen LogP contribution >= 0.6 is 15.9 Å². The number of epoxide rings is 1. The first-order valence-electron chi connectivity index (χ1n) is 14.9. The van der Waals surface area contributed by atoms with Gasteiger partial charge in [0.1, 0.15) is 11.7 Å². The average Bonchev–Trinajstić information content (AvgIpc) is 3.71. The van der Waals surface area contributed by atoms with Crippen LogP contribution in [0.5, 0.6) is 0 Å². The maximum absolute atomic E-state index is 13.2. The minimum absolute atomic E-state index is 0.0203. The summed E-state index contributed by atoms with van der Waals surface area (Å²) in [4.78, 5) is 13.2. The number of halogens is 1. The van der Waals surface area contributed by atoms with Gasteiger partial charge in [-0.05, 0) is 66.7 Å². The highest BCUT2D eigenvalue weighted by atomic mass is 79.9. The number of hydrogen-bond acceptors (Lipinski definition) is 5. The predicted octanol–water partition coefficient (Wildman–Crippen LogP) is 7.19. The second-order valence-electron chi connectivity index (χ2n) is 13.1. The molecule has 7 heteroatoms. The first-order valence-corrected chi connectivity index (χ1v) is 17.6. The molecule has 1 fully saturated rings. The van der Waals surface area contributed by atoms with Gasteiger partial charge in [0.15, 0.2) is 0 Å². The molecule has 42 heavy (non-hydrogen) atoms. The van der Waals surface area contributed by atoms with Crippen molar-refractivity contribution < 1.29 is 23.4 Å². The van der Waals surface area contributed by atoms with Crippen LogP contribution in [-0.4, -0.2) is 44.8 Å². The van der Waals surface area contributed by atoms with Gasteiger partial charge in [-0.1, -0.05) is 109 Å². The molecule has 0 aliphatic carbocycles. The van der Waals surface area contributed by atoms with Gasteiger partial charge < -0.3 is 18.6 Å². The first kappa shape index (κ1) is 32.6. The topological polar surface area (TPSA) is 57.3 Å². The van der Waals surface area contributed by atoms with Gasteiger partial charge in [-0.2, -0.15) is 0 Å². The Balaban J connectivity index is 1.53. The molecule has 1 aliphatic rings. The molecule has 0 unspecified atom stereocenters. The fraction of sp³-hybridized carbons (Fsp3) is 0.457. The standard InChI is InChI=1S/C35H45BrO5Si/c1-34(2,3)40-32(37)24-31(33-30(39-33)18-13-23-38-25-26-19-21-27(36)22-20-26)41-42(35(4,5)6,28-14-9-7-10-15-28)29-16-11-8-12-17-29/h7-12,14-17,19-22,30-31,33H,13,18,23-25H2,1-6H3/t30-,31-,33+/m0/s1. The third-order valence-corrected chi connectivity index (χ3v) is 13.1. The fourth-order valence-electron chi connectivity index (χ4n) is 5.56. The van der Waals surface area contributed by atoms with E-state index in [2.05, 4.69) is 97.4 Å². The summed E-state index contributed by atoms with van der Waals surface area (Å²) < 4.78 is 26.4. The normalized spacial score (nSPS) is 18.0. The van der Waals surface area contributed by atoms with Crippen molar-refractivity contribution in [1.82, 2.24) is 0 Å². The zero-order valence-corrected chi connectivity index (χ0v) is 28.4. The quantitative estimate of drug-likeness (QED) is 0.0847. The number of carbonyl (C=O) groups excluding carboxylic acids is 1. The van der Waals surface area contributed by atoms with E-state index in [1.807, 2.05) is 45.0 Å². The van der Waals surface area contributed by atoms with Crippen LogP contribution < -0.4 is 10.4 Å². The molecule has 4 rings (SSSR count). The molecule has 3 aromatic carbocycles. The molecule has 3 aromatic rings. The van der Waals surface area contributed by atoms with Crippen molar-refractivity contribution in [3.8, 4) is 0 Å². The molecular formula is C35H45BrO5Si. The molecule has 5 nitrogen and oxygen atoms in total. The van der Waals surface area contributed by atoms with Gasteiger partial charge in [0.25, 0.3) is 8.32 Å². The lowest BCUT2D eigenvalue weighted by molar-refractivity contribution is -0.157. The van der Waals surface area contributed by atoms with E-state index in [1.54, 1.807) is 0 Å². The molecule has 1 heterocycles. The van der Waals surface area contributed by atoms with Crippen molar-refractivity contribution >= 4 is 40.6 Å². The second-order valence-corrected chi connectivity index (χ2v) is 18.2. The van der Waals surface area contributed by atoms with Crippen molar-refractivity contribution in [2.45, 2.75) is 96.4 Å². The van der Waals surface area contributed by atoms with Gasteiger partial charge in [-0.3, -0.25) is 4.79 Å². The Hall–Kier alpha value is -2.29. The summed E-state index contributed by atoms with van der Waals surface area (Å²) in [5, 5.41) is 2.14. The Morgan fingerprint density at radius 2 is 1.45 bits per heavy atom. The van der Waals surface area contributed by atoms with Crippen LogP contribution in [0, 0.1) is 0 Å². The number of hydrogen-bond donors (Lipinski definition) is 0. The van der Waals surface area contributed by atoms with Crippen LogP contribution in [0.15, 0.2) is 89.4 Å². The Bertz CT molecular complexity index is 1230. The van der Waals surface area contributed by atoms with E-state index < -0.39 is 20.0 Å². The maximum atomic E-state index is 13.2. The fourth-order valence-corrected chi connectivity index (χ4v) is 10.5. The Morgan fingerprint density at radius 1 is 0.881 bits per heavy atom. The van der Waals surface area contributed by atoms with Crippen LogP contribution in [0.25, 0.3) is 0 Å². The van der Waals surface area contributed by atoms with Crippen molar-refractivity contribution in [2.24, 2.45) is 0 Å². The zero-order valence-electron chi connectivity index (χ0n) is 25.8. The smallest absolute Gasteiger partial charge is 0.308 e. The van der Waals surface area contributed by atoms with Gasteiger partial charge >= 0.3 is 5.97 Å². The van der Waals surface area contributed by atoms with Gasteiger partial charge in [0.05, 0.1) is 25.2 Å². The van der Waals surface area contributed by atoms with E-state index in [4.69, 9.17) is 18.6 Å². The monoisotopic (exact) mass is 652 g/mol. The molecule has 0 aromatic heterocycles. The Labute approximate surface area is 261 Å². The third kappa shape index (κ3) is 8.63. The lowest BCUT2D eigenvalue weighted by Crippen LogP contribution is -2.68. The van der Waals surface area contributed by atoms with E-state index in [0.29, 0.717) is 13.2 Å².